The topological polar surface area (TPSA) is 136 Å². The van der Waals surface area contributed by atoms with Gasteiger partial charge in [0.2, 0.25) is 0 Å². The number of carbonyl (C=O) groups is 2. The molecule has 1 amide bonds. The number of aliphatic hydroxyl groups excluding tert-OH is 1. The highest BCUT2D eigenvalue weighted by atomic mass is 32.1. The minimum atomic E-state index is -1.20. The van der Waals surface area contributed by atoms with Crippen molar-refractivity contribution in [3.8, 4) is 6.07 Å². The van der Waals surface area contributed by atoms with Gasteiger partial charge in [0.1, 0.15) is 16.7 Å². The fourth-order valence-electron chi connectivity index (χ4n) is 1.63. The molecule has 0 atom stereocenters. The molecular formula is C13H9N3O5S. The Labute approximate surface area is 127 Å². The molecule has 3 N–H and O–H groups in total. The number of nitrogens with one attached hydrogen (secondary N) is 1. The summed E-state index contributed by atoms with van der Waals surface area (Å²) in [6.07, 6.45) is 1.17. The molecule has 0 unspecified atom stereocenters. The second kappa shape index (κ2) is 6.11. The van der Waals surface area contributed by atoms with Crippen molar-refractivity contribution in [1.82, 2.24) is 5.16 Å². The molecule has 112 valence electrons. The highest BCUT2D eigenvalue weighted by Crippen LogP contribution is 2.24. The second-order valence-corrected chi connectivity index (χ2v) is 4.97. The SMILES string of the molecule is Cc1oncc1C(O)=C(C#N)C(=O)Nc1ccsc1C(=O)O. The maximum Gasteiger partial charge on any atom is 0.348 e. The van der Waals surface area contributed by atoms with Crippen LogP contribution in [0.1, 0.15) is 21.0 Å². The zero-order chi connectivity index (χ0) is 16.3. The molecule has 0 fully saturated rings. The number of aliphatic hydroxyl groups is 1. The normalized spacial score (nSPS) is 11.5. The minimum absolute atomic E-state index is 0.0464. The molecule has 2 rings (SSSR count). The van der Waals surface area contributed by atoms with Crippen molar-refractivity contribution in [3.05, 3.63) is 39.4 Å². The number of anilines is 1. The number of carboxylic acids is 1. The number of carboxylic acid groups (broad SMARTS) is 1. The molecule has 2 aromatic heterocycles. The third kappa shape index (κ3) is 2.82. The van der Waals surface area contributed by atoms with E-state index in [0.29, 0.717) is 0 Å². The Morgan fingerprint density at radius 3 is 2.73 bits per heavy atom. The Kier molecular flexibility index (Phi) is 4.24. The number of thiophene rings is 1. The lowest BCUT2D eigenvalue weighted by atomic mass is 10.1. The van der Waals surface area contributed by atoms with Crippen LogP contribution < -0.4 is 5.32 Å². The van der Waals surface area contributed by atoms with Crippen LogP contribution in [0.2, 0.25) is 0 Å². The van der Waals surface area contributed by atoms with Crippen molar-refractivity contribution < 1.29 is 24.3 Å². The lowest BCUT2D eigenvalue weighted by Gasteiger charge is -2.05. The van der Waals surface area contributed by atoms with E-state index < -0.39 is 23.2 Å². The zero-order valence-electron chi connectivity index (χ0n) is 11.2. The van der Waals surface area contributed by atoms with E-state index in [1.165, 1.54) is 24.6 Å². The molecule has 2 heterocycles. The molecule has 0 saturated heterocycles. The number of hydrogen-bond acceptors (Lipinski definition) is 7. The van der Waals surface area contributed by atoms with E-state index in [1.807, 2.05) is 0 Å². The lowest BCUT2D eigenvalue weighted by molar-refractivity contribution is -0.112. The molecule has 0 aliphatic rings. The van der Waals surface area contributed by atoms with Crippen molar-refractivity contribution in [1.29, 1.82) is 5.26 Å². The van der Waals surface area contributed by atoms with Crippen LogP contribution in [0.15, 0.2) is 27.7 Å². The van der Waals surface area contributed by atoms with Crippen LogP contribution >= 0.6 is 11.3 Å². The van der Waals surface area contributed by atoms with Gasteiger partial charge in [-0.3, -0.25) is 4.79 Å². The van der Waals surface area contributed by atoms with Gasteiger partial charge in [0.05, 0.1) is 17.4 Å². The lowest BCUT2D eigenvalue weighted by Crippen LogP contribution is -2.16. The van der Waals surface area contributed by atoms with E-state index in [0.717, 1.165) is 11.3 Å². The summed E-state index contributed by atoms with van der Waals surface area (Å²) in [7, 11) is 0. The summed E-state index contributed by atoms with van der Waals surface area (Å²) in [4.78, 5) is 23.0. The number of hydrogen-bond donors (Lipinski definition) is 3. The molecule has 9 heteroatoms. The van der Waals surface area contributed by atoms with Gasteiger partial charge in [-0.25, -0.2) is 4.79 Å². The standard InChI is InChI=1S/C13H9N3O5S/c1-6-8(5-15-21-6)10(17)7(4-14)12(18)16-9-2-3-22-11(9)13(19)20/h2-3,5,17H,1H3,(H,16,18)(H,19,20). The van der Waals surface area contributed by atoms with Gasteiger partial charge in [-0.2, -0.15) is 5.26 Å². The van der Waals surface area contributed by atoms with E-state index in [2.05, 4.69) is 10.5 Å². The Hall–Kier alpha value is -3.12. The fourth-order valence-corrected chi connectivity index (χ4v) is 2.32. The number of aromatic carboxylic acids is 1. The van der Waals surface area contributed by atoms with E-state index >= 15 is 0 Å². The molecule has 8 nitrogen and oxygen atoms in total. The first-order chi connectivity index (χ1) is 10.5. The average Bonchev–Trinajstić information content (AvgIpc) is 3.08. The third-order valence-corrected chi connectivity index (χ3v) is 3.59. The van der Waals surface area contributed by atoms with E-state index in [-0.39, 0.29) is 21.9 Å². The van der Waals surface area contributed by atoms with E-state index in [1.54, 1.807) is 6.07 Å². The Balaban J connectivity index is 2.35. The Morgan fingerprint density at radius 2 is 2.18 bits per heavy atom. The summed E-state index contributed by atoms with van der Waals surface area (Å²) in [5.41, 5.74) is -0.422. The number of nitriles is 1. The van der Waals surface area contributed by atoms with Crippen LogP contribution in [-0.2, 0) is 4.79 Å². The first-order valence-electron chi connectivity index (χ1n) is 5.82. The number of aryl methyl sites for hydroxylation is 1. The highest BCUT2D eigenvalue weighted by Gasteiger charge is 2.22. The van der Waals surface area contributed by atoms with Crippen LogP contribution in [0.25, 0.3) is 5.76 Å². The maximum absolute atomic E-state index is 12.1. The minimum Gasteiger partial charge on any atom is -0.506 e. The van der Waals surface area contributed by atoms with Gasteiger partial charge >= 0.3 is 5.97 Å². The number of aromatic nitrogens is 1. The second-order valence-electron chi connectivity index (χ2n) is 4.05. The van der Waals surface area contributed by atoms with Crippen LogP contribution in [-0.4, -0.2) is 27.2 Å². The quantitative estimate of drug-likeness (QED) is 0.446. The Bertz CT molecular complexity index is 812. The summed E-state index contributed by atoms with van der Waals surface area (Å²) in [6.45, 7) is 1.51. The fraction of sp³-hybridized carbons (Fsp3) is 0.0769. The molecule has 0 aliphatic heterocycles. The summed E-state index contributed by atoms with van der Waals surface area (Å²) in [5.74, 6) is -2.49. The van der Waals surface area contributed by atoms with Crippen LogP contribution in [0, 0.1) is 18.3 Å². The van der Waals surface area contributed by atoms with Gasteiger partial charge in [0, 0.05) is 0 Å². The third-order valence-electron chi connectivity index (χ3n) is 2.69. The highest BCUT2D eigenvalue weighted by molar-refractivity contribution is 7.12. The summed E-state index contributed by atoms with van der Waals surface area (Å²) < 4.78 is 4.76. The molecule has 0 radical (unpaired) electrons. The van der Waals surface area contributed by atoms with Crippen molar-refractivity contribution in [2.24, 2.45) is 0 Å². The van der Waals surface area contributed by atoms with Gasteiger partial charge in [-0.1, -0.05) is 5.16 Å². The van der Waals surface area contributed by atoms with E-state index in [4.69, 9.17) is 14.9 Å². The number of carbonyl (C=O) groups excluding carboxylic acids is 1. The predicted molar refractivity (Wildman–Crippen MR) is 76.3 cm³/mol. The first kappa shape index (κ1) is 15.3. The summed E-state index contributed by atoms with van der Waals surface area (Å²) in [6, 6.07) is 2.97. The van der Waals surface area contributed by atoms with Gasteiger partial charge in [-0.15, -0.1) is 11.3 Å². The van der Waals surface area contributed by atoms with Gasteiger partial charge in [-0.05, 0) is 18.4 Å². The maximum atomic E-state index is 12.1. The predicted octanol–water partition coefficient (Wildman–Crippen LogP) is 2.17. The number of rotatable bonds is 4. The summed E-state index contributed by atoms with van der Waals surface area (Å²) >= 11 is 0.927. The number of nitrogens with zero attached hydrogens (tertiary/aromatic N) is 2. The monoisotopic (exact) mass is 319 g/mol. The molecular weight excluding hydrogens is 310 g/mol. The number of amides is 1. The summed E-state index contributed by atoms with van der Waals surface area (Å²) in [5, 5.41) is 35.3. The first-order valence-corrected chi connectivity index (χ1v) is 6.70. The Morgan fingerprint density at radius 1 is 1.45 bits per heavy atom. The molecule has 22 heavy (non-hydrogen) atoms. The van der Waals surface area contributed by atoms with Gasteiger partial charge < -0.3 is 20.1 Å². The van der Waals surface area contributed by atoms with Crippen molar-refractivity contribution in [2.75, 3.05) is 5.32 Å². The molecule has 0 aromatic carbocycles. The smallest absolute Gasteiger partial charge is 0.348 e. The molecule has 0 bridgehead atoms. The van der Waals surface area contributed by atoms with Crippen molar-refractivity contribution in [3.63, 3.8) is 0 Å². The van der Waals surface area contributed by atoms with Crippen molar-refractivity contribution >= 4 is 34.7 Å². The average molecular weight is 319 g/mol. The van der Waals surface area contributed by atoms with Crippen LogP contribution in [0.4, 0.5) is 5.69 Å². The van der Waals surface area contributed by atoms with Crippen LogP contribution in [0.3, 0.4) is 0 Å². The largest absolute Gasteiger partial charge is 0.506 e. The van der Waals surface area contributed by atoms with Crippen molar-refractivity contribution in [2.45, 2.75) is 6.92 Å². The van der Waals surface area contributed by atoms with Crippen LogP contribution in [0.5, 0.6) is 0 Å². The van der Waals surface area contributed by atoms with Gasteiger partial charge in [0.15, 0.2) is 11.3 Å². The molecule has 2 aromatic rings. The molecule has 0 spiro atoms. The van der Waals surface area contributed by atoms with Gasteiger partial charge in [0.25, 0.3) is 5.91 Å². The molecule has 0 saturated carbocycles. The van der Waals surface area contributed by atoms with E-state index in [9.17, 15) is 14.7 Å². The molecule has 0 aliphatic carbocycles. The zero-order valence-corrected chi connectivity index (χ0v) is 12.0.